The molecule has 2 saturated heterocycles. The topological polar surface area (TPSA) is 28.6 Å². The second kappa shape index (κ2) is 5.09. The minimum atomic E-state index is 0.746. The van der Waals surface area contributed by atoms with Crippen molar-refractivity contribution in [3.63, 3.8) is 0 Å². The van der Waals surface area contributed by atoms with E-state index in [1.165, 1.54) is 37.1 Å². The maximum Gasteiger partial charge on any atom is 0.128 e. The van der Waals surface area contributed by atoms with Gasteiger partial charge in [-0.3, -0.25) is 0 Å². The molecule has 1 aromatic rings. The van der Waals surface area contributed by atoms with Crippen LogP contribution in [0.4, 0.5) is 5.82 Å². The van der Waals surface area contributed by atoms with Crippen LogP contribution < -0.4 is 4.90 Å². The summed E-state index contributed by atoms with van der Waals surface area (Å²) in [5, 5.41) is 0. The van der Waals surface area contributed by atoms with E-state index in [2.05, 4.69) is 39.3 Å². The maximum absolute atomic E-state index is 5.39. The fraction of sp³-hybridized carbons (Fsp3) is 0.562. The molecule has 0 unspecified atom stereocenters. The highest BCUT2D eigenvalue weighted by molar-refractivity contribution is 5.68. The molecule has 4 nitrogen and oxygen atoms in total. The molecule has 1 aromatic heterocycles. The third-order valence-corrected chi connectivity index (χ3v) is 4.71. The van der Waals surface area contributed by atoms with Gasteiger partial charge in [0, 0.05) is 38.6 Å². The molecule has 4 heteroatoms. The molecule has 5 heterocycles. The smallest absolute Gasteiger partial charge is 0.128 e. The summed E-state index contributed by atoms with van der Waals surface area (Å²) in [6.07, 6.45) is 7.01. The summed E-state index contributed by atoms with van der Waals surface area (Å²) < 4.78 is 5.39. The fourth-order valence-corrected chi connectivity index (χ4v) is 3.49. The molecule has 2 bridgehead atoms. The zero-order valence-electron chi connectivity index (χ0n) is 11.8. The average molecular weight is 271 g/mol. The summed E-state index contributed by atoms with van der Waals surface area (Å²) in [5.41, 5.74) is 2.79. The zero-order chi connectivity index (χ0) is 13.4. The Balaban J connectivity index is 1.55. The van der Waals surface area contributed by atoms with E-state index < -0.39 is 0 Å². The number of hydrogen-bond acceptors (Lipinski definition) is 4. The molecule has 4 aliphatic rings. The highest BCUT2D eigenvalue weighted by Crippen LogP contribution is 2.37. The van der Waals surface area contributed by atoms with Crippen molar-refractivity contribution >= 4 is 11.4 Å². The van der Waals surface area contributed by atoms with Crippen LogP contribution >= 0.6 is 0 Å². The van der Waals surface area contributed by atoms with Crippen LogP contribution in [0.2, 0.25) is 0 Å². The predicted octanol–water partition coefficient (Wildman–Crippen LogP) is 1.98. The Morgan fingerprint density at radius 2 is 1.85 bits per heavy atom. The molecule has 0 aliphatic carbocycles. The van der Waals surface area contributed by atoms with Crippen LogP contribution in [0.3, 0.4) is 0 Å². The van der Waals surface area contributed by atoms with Gasteiger partial charge in [-0.1, -0.05) is 0 Å². The lowest BCUT2D eigenvalue weighted by molar-refractivity contribution is 0.122. The van der Waals surface area contributed by atoms with Gasteiger partial charge in [0.15, 0.2) is 0 Å². The normalized spacial score (nSPS) is 23.1. The Labute approximate surface area is 120 Å². The van der Waals surface area contributed by atoms with E-state index >= 15 is 0 Å². The number of aromatic nitrogens is 1. The first-order chi connectivity index (χ1) is 9.90. The van der Waals surface area contributed by atoms with Gasteiger partial charge in [0.05, 0.1) is 13.2 Å². The van der Waals surface area contributed by atoms with Gasteiger partial charge in [0.1, 0.15) is 5.82 Å². The average Bonchev–Trinajstić information content (AvgIpc) is 2.57. The van der Waals surface area contributed by atoms with Crippen LogP contribution in [0.5, 0.6) is 0 Å². The molecule has 0 saturated carbocycles. The lowest BCUT2D eigenvalue weighted by Crippen LogP contribution is -2.37. The highest BCUT2D eigenvalue weighted by atomic mass is 16.5. The monoisotopic (exact) mass is 271 g/mol. The minimum Gasteiger partial charge on any atom is -0.378 e. The largest absolute Gasteiger partial charge is 0.378 e. The number of fused-ring (bicyclic) bond motifs is 2. The van der Waals surface area contributed by atoms with Gasteiger partial charge < -0.3 is 14.5 Å². The number of morpholine rings is 1. The molecule has 4 aliphatic heterocycles. The first kappa shape index (κ1) is 12.2. The van der Waals surface area contributed by atoms with Crippen molar-refractivity contribution in [2.45, 2.75) is 12.8 Å². The molecule has 0 radical (unpaired) electrons. The van der Waals surface area contributed by atoms with Gasteiger partial charge >= 0.3 is 0 Å². The van der Waals surface area contributed by atoms with Gasteiger partial charge in [-0.05, 0) is 42.0 Å². The molecule has 0 atom stereocenters. The summed E-state index contributed by atoms with van der Waals surface area (Å²) in [5.74, 6) is 1.83. The zero-order valence-corrected chi connectivity index (χ0v) is 11.8. The molecule has 5 rings (SSSR count). The van der Waals surface area contributed by atoms with E-state index in [1.54, 1.807) is 0 Å². The van der Waals surface area contributed by atoms with E-state index in [1.807, 2.05) is 0 Å². The van der Waals surface area contributed by atoms with Gasteiger partial charge in [-0.2, -0.15) is 0 Å². The molecular weight excluding hydrogens is 250 g/mol. The molecule has 0 aromatic carbocycles. The van der Waals surface area contributed by atoms with Crippen molar-refractivity contribution in [2.75, 3.05) is 44.3 Å². The van der Waals surface area contributed by atoms with Crippen molar-refractivity contribution in [3.8, 4) is 0 Å². The summed E-state index contributed by atoms with van der Waals surface area (Å²) in [7, 11) is 0. The van der Waals surface area contributed by atoms with Crippen LogP contribution in [0, 0.1) is 5.92 Å². The Hall–Kier alpha value is -1.55. The number of piperidine rings is 1. The number of allylic oxidation sites excluding steroid dienone is 1. The van der Waals surface area contributed by atoms with Crippen LogP contribution in [-0.2, 0) is 4.74 Å². The van der Waals surface area contributed by atoms with Gasteiger partial charge in [0.2, 0.25) is 0 Å². The molecule has 0 amide bonds. The third kappa shape index (κ3) is 2.18. The third-order valence-electron chi connectivity index (χ3n) is 4.71. The first-order valence-electron chi connectivity index (χ1n) is 7.65. The van der Waals surface area contributed by atoms with Crippen LogP contribution in [0.1, 0.15) is 18.4 Å². The van der Waals surface area contributed by atoms with Crippen molar-refractivity contribution < 1.29 is 4.74 Å². The summed E-state index contributed by atoms with van der Waals surface area (Å²) >= 11 is 0. The predicted molar refractivity (Wildman–Crippen MR) is 79.5 cm³/mol. The summed E-state index contributed by atoms with van der Waals surface area (Å²) in [6, 6.07) is 4.41. The second-order valence-corrected chi connectivity index (χ2v) is 5.90. The Bertz CT molecular complexity index is 497. The van der Waals surface area contributed by atoms with E-state index in [0.717, 1.165) is 38.0 Å². The molecule has 0 spiro atoms. The molecule has 20 heavy (non-hydrogen) atoms. The number of pyridine rings is 1. The van der Waals surface area contributed by atoms with Crippen LogP contribution in [0.15, 0.2) is 24.5 Å². The van der Waals surface area contributed by atoms with Crippen molar-refractivity contribution in [1.82, 2.24) is 9.88 Å². The lowest BCUT2D eigenvalue weighted by Gasteiger charge is -2.39. The summed E-state index contributed by atoms with van der Waals surface area (Å²) in [6.45, 7) is 5.98. The molecular formula is C16H21N3O. The van der Waals surface area contributed by atoms with E-state index in [9.17, 15) is 0 Å². The van der Waals surface area contributed by atoms with Crippen molar-refractivity contribution in [1.29, 1.82) is 0 Å². The Morgan fingerprint density at radius 3 is 2.45 bits per heavy atom. The second-order valence-electron chi connectivity index (χ2n) is 5.90. The number of ether oxygens (including phenoxy) is 1. The van der Waals surface area contributed by atoms with Crippen molar-refractivity contribution in [3.05, 3.63) is 30.1 Å². The highest BCUT2D eigenvalue weighted by Gasteiger charge is 2.27. The quantitative estimate of drug-likeness (QED) is 0.822. The molecule has 106 valence electrons. The van der Waals surface area contributed by atoms with Gasteiger partial charge in [0.25, 0.3) is 0 Å². The van der Waals surface area contributed by atoms with Gasteiger partial charge in [-0.25, -0.2) is 4.98 Å². The van der Waals surface area contributed by atoms with Crippen molar-refractivity contribution in [2.24, 2.45) is 5.92 Å². The number of hydrogen-bond donors (Lipinski definition) is 0. The molecule has 0 N–H and O–H groups in total. The van der Waals surface area contributed by atoms with Crippen LogP contribution in [-0.4, -0.2) is 49.3 Å². The summed E-state index contributed by atoms with van der Waals surface area (Å²) in [4.78, 5) is 9.43. The standard InChI is InChI=1S/C16H21N3O/c1-2-16(19-7-9-20-10-8-19)17-11-14(1)15-12-18-5-3-13(15)4-6-18/h1-2,11-13H,3-10H2. The lowest BCUT2D eigenvalue weighted by atomic mass is 9.83. The van der Waals surface area contributed by atoms with Crippen LogP contribution in [0.25, 0.3) is 5.57 Å². The SMILES string of the molecule is C1=C(c2ccc(N3CCOCC3)nc2)C2CCN1CC2. The molecule has 2 fully saturated rings. The maximum atomic E-state index is 5.39. The van der Waals surface area contributed by atoms with E-state index in [0.29, 0.717) is 0 Å². The number of anilines is 1. The Morgan fingerprint density at radius 1 is 1.05 bits per heavy atom. The number of nitrogens with zero attached hydrogens (tertiary/aromatic N) is 3. The fourth-order valence-electron chi connectivity index (χ4n) is 3.49. The van der Waals surface area contributed by atoms with E-state index in [4.69, 9.17) is 4.74 Å². The minimum absolute atomic E-state index is 0.746. The van der Waals surface area contributed by atoms with E-state index in [-0.39, 0.29) is 0 Å². The first-order valence-corrected chi connectivity index (χ1v) is 7.65. The Kier molecular flexibility index (Phi) is 3.11. The number of rotatable bonds is 2. The van der Waals surface area contributed by atoms with Gasteiger partial charge in [-0.15, -0.1) is 0 Å².